The minimum Gasteiger partial charge on any atom is -0.394 e. The van der Waals surface area contributed by atoms with Crippen LogP contribution in [0.3, 0.4) is 0 Å². The van der Waals surface area contributed by atoms with E-state index < -0.39 is 8.56 Å². The predicted octanol–water partition coefficient (Wildman–Crippen LogP) is 10.6. The van der Waals surface area contributed by atoms with Crippen molar-refractivity contribution < 1.29 is 13.7 Å². The SMILES string of the molecule is CCCCCCCCCCCCC1CCCO[Si](C)(CCCSC(=O)CCCCCCCCCCC)ON1. The molecule has 0 bridgehead atoms. The number of nitrogens with one attached hydrogen (secondary N) is 1. The molecule has 1 N–H and O–H groups in total. The number of unbranched alkanes of at least 4 members (excludes halogenated alkanes) is 17. The van der Waals surface area contributed by atoms with Crippen molar-refractivity contribution >= 4 is 25.4 Å². The van der Waals surface area contributed by atoms with Crippen LogP contribution in [0.2, 0.25) is 12.6 Å². The Kier molecular flexibility index (Phi) is 24.8. The molecule has 4 nitrogen and oxygen atoms in total. The Morgan fingerprint density at radius 3 is 1.87 bits per heavy atom. The first-order valence-corrected chi connectivity index (χ1v) is 20.3. The number of hydrogen-bond donors (Lipinski definition) is 1. The van der Waals surface area contributed by atoms with Crippen molar-refractivity contribution in [1.82, 2.24) is 5.48 Å². The van der Waals surface area contributed by atoms with E-state index in [1.807, 2.05) is 0 Å². The third-order valence-corrected chi connectivity index (χ3v) is 11.6. The molecule has 0 spiro atoms. The fraction of sp³-hybridized carbons (Fsp3) is 0.969. The molecule has 226 valence electrons. The van der Waals surface area contributed by atoms with Gasteiger partial charge in [-0.1, -0.05) is 141 Å². The van der Waals surface area contributed by atoms with Crippen LogP contribution < -0.4 is 5.48 Å². The Balaban J connectivity index is 2.04. The fourth-order valence-electron chi connectivity index (χ4n) is 5.35. The maximum absolute atomic E-state index is 12.3. The Hall–Kier alpha value is 0.117. The zero-order chi connectivity index (χ0) is 27.6. The molecule has 0 amide bonds. The van der Waals surface area contributed by atoms with Crippen molar-refractivity contribution in [3.63, 3.8) is 0 Å². The average Bonchev–Trinajstić information content (AvgIpc) is 2.90. The molecule has 0 aromatic rings. The molecule has 1 aliphatic rings. The first-order chi connectivity index (χ1) is 18.6. The Morgan fingerprint density at radius 2 is 1.29 bits per heavy atom. The number of hydrogen-bond acceptors (Lipinski definition) is 5. The maximum Gasteiger partial charge on any atom is 0.355 e. The Labute approximate surface area is 243 Å². The lowest BCUT2D eigenvalue weighted by Gasteiger charge is -2.32. The van der Waals surface area contributed by atoms with E-state index in [-0.39, 0.29) is 0 Å². The summed E-state index contributed by atoms with van der Waals surface area (Å²) < 4.78 is 12.5. The quantitative estimate of drug-likeness (QED) is 0.0872. The molecule has 0 aromatic heterocycles. The molecule has 1 saturated heterocycles. The zero-order valence-electron chi connectivity index (χ0n) is 25.8. The van der Waals surface area contributed by atoms with E-state index in [1.165, 1.54) is 134 Å². The lowest BCUT2D eigenvalue weighted by molar-refractivity contribution is -0.111. The van der Waals surface area contributed by atoms with Gasteiger partial charge in [-0.3, -0.25) is 4.79 Å². The second-order valence-corrected chi connectivity index (χ2v) is 16.3. The molecule has 6 heteroatoms. The number of hydroxylamine groups is 1. The second-order valence-electron chi connectivity index (χ2n) is 11.9. The molecule has 1 fully saturated rings. The van der Waals surface area contributed by atoms with E-state index in [1.54, 1.807) is 0 Å². The van der Waals surface area contributed by atoms with Gasteiger partial charge in [-0.15, -0.1) is 0 Å². The molecule has 1 aliphatic heterocycles. The molecule has 1 rings (SSSR count). The molecule has 2 unspecified atom stereocenters. The molecule has 2 atom stereocenters. The number of thioether (sulfide) groups is 1. The lowest BCUT2D eigenvalue weighted by atomic mass is 10.0. The first-order valence-electron chi connectivity index (χ1n) is 16.8. The normalized spacial score (nSPS) is 20.3. The zero-order valence-corrected chi connectivity index (χ0v) is 27.6. The van der Waals surface area contributed by atoms with E-state index in [4.69, 9.17) is 8.95 Å². The smallest absolute Gasteiger partial charge is 0.355 e. The topological polar surface area (TPSA) is 47.6 Å². The standard InChI is InChI=1S/C32H65NO3SSi/c1-4-6-8-10-12-14-16-17-19-21-25-31-26-23-28-35-38(3,36-33-31)30-24-29-37-32(34)27-22-20-18-15-13-11-9-7-5-2/h31,33H,4-30H2,1-3H3. The van der Waals surface area contributed by atoms with Crippen molar-refractivity contribution in [2.24, 2.45) is 0 Å². The fourth-order valence-corrected chi connectivity index (χ4v) is 8.53. The van der Waals surface area contributed by atoms with Gasteiger partial charge in [-0.05, 0) is 44.7 Å². The van der Waals surface area contributed by atoms with E-state index in [9.17, 15) is 4.79 Å². The molecular weight excluding hydrogens is 507 g/mol. The largest absolute Gasteiger partial charge is 0.394 e. The van der Waals surface area contributed by atoms with Gasteiger partial charge in [-0.2, -0.15) is 0 Å². The van der Waals surface area contributed by atoms with Crippen molar-refractivity contribution in [2.75, 3.05) is 12.4 Å². The molecular formula is C32H65NO3SSi. The van der Waals surface area contributed by atoms with Crippen LogP contribution in [0.15, 0.2) is 0 Å². The molecule has 0 radical (unpaired) electrons. The highest BCUT2D eigenvalue weighted by Crippen LogP contribution is 2.23. The highest BCUT2D eigenvalue weighted by molar-refractivity contribution is 8.13. The van der Waals surface area contributed by atoms with Gasteiger partial charge in [0.05, 0.1) is 0 Å². The summed E-state index contributed by atoms with van der Waals surface area (Å²) in [6, 6.07) is 1.43. The van der Waals surface area contributed by atoms with E-state index in [2.05, 4.69) is 25.9 Å². The summed E-state index contributed by atoms with van der Waals surface area (Å²) in [7, 11) is -2.20. The molecule has 1 heterocycles. The van der Waals surface area contributed by atoms with Crippen molar-refractivity contribution in [1.29, 1.82) is 0 Å². The summed E-state index contributed by atoms with van der Waals surface area (Å²) in [5, 5.41) is 0.369. The second kappa shape index (κ2) is 26.0. The van der Waals surface area contributed by atoms with Gasteiger partial charge < -0.3 is 8.95 Å². The van der Waals surface area contributed by atoms with Crippen LogP contribution >= 0.6 is 11.8 Å². The van der Waals surface area contributed by atoms with Gasteiger partial charge in [0, 0.05) is 24.8 Å². The van der Waals surface area contributed by atoms with Gasteiger partial charge in [0.2, 0.25) is 0 Å². The summed E-state index contributed by atoms with van der Waals surface area (Å²) in [5.41, 5.74) is 3.41. The summed E-state index contributed by atoms with van der Waals surface area (Å²) >= 11 is 1.53. The van der Waals surface area contributed by atoms with E-state index in [0.29, 0.717) is 11.2 Å². The third kappa shape index (κ3) is 21.9. The monoisotopic (exact) mass is 571 g/mol. The minimum atomic E-state index is -2.20. The highest BCUT2D eigenvalue weighted by atomic mass is 32.2. The van der Waals surface area contributed by atoms with Gasteiger partial charge >= 0.3 is 8.56 Å². The Bertz CT molecular complexity index is 539. The first kappa shape index (κ1) is 36.1. The van der Waals surface area contributed by atoms with Crippen LogP contribution in [0.4, 0.5) is 0 Å². The molecule has 0 aromatic carbocycles. The van der Waals surface area contributed by atoms with Crippen LogP contribution in [0.1, 0.15) is 168 Å². The van der Waals surface area contributed by atoms with Gasteiger partial charge in [0.1, 0.15) is 0 Å². The van der Waals surface area contributed by atoms with Crippen LogP contribution in [0.5, 0.6) is 0 Å². The van der Waals surface area contributed by atoms with Gasteiger partial charge in [0.15, 0.2) is 5.12 Å². The van der Waals surface area contributed by atoms with Gasteiger partial charge in [0.25, 0.3) is 0 Å². The van der Waals surface area contributed by atoms with E-state index in [0.717, 1.165) is 50.5 Å². The summed E-state index contributed by atoms with van der Waals surface area (Å²) in [6.45, 7) is 7.57. The van der Waals surface area contributed by atoms with Crippen molar-refractivity contribution in [3.05, 3.63) is 0 Å². The van der Waals surface area contributed by atoms with Crippen molar-refractivity contribution in [2.45, 2.75) is 187 Å². The highest BCUT2D eigenvalue weighted by Gasteiger charge is 2.34. The van der Waals surface area contributed by atoms with Crippen LogP contribution in [0, 0.1) is 0 Å². The van der Waals surface area contributed by atoms with Crippen molar-refractivity contribution in [3.8, 4) is 0 Å². The number of carbonyl (C=O) groups is 1. The van der Waals surface area contributed by atoms with Crippen LogP contribution in [-0.4, -0.2) is 32.1 Å². The Morgan fingerprint density at radius 1 is 0.763 bits per heavy atom. The summed E-state index contributed by atoms with van der Waals surface area (Å²) in [5.74, 6) is 0.896. The minimum absolute atomic E-state index is 0.369. The average molecular weight is 572 g/mol. The molecule has 0 saturated carbocycles. The number of carbonyl (C=O) groups excluding carboxylic acids is 1. The summed E-state index contributed by atoms with van der Waals surface area (Å²) in [4.78, 5) is 12.3. The maximum atomic E-state index is 12.3. The third-order valence-electron chi connectivity index (χ3n) is 7.97. The summed E-state index contributed by atoms with van der Waals surface area (Å²) in [6.07, 6.45) is 30.8. The molecule has 0 aliphatic carbocycles. The van der Waals surface area contributed by atoms with Crippen LogP contribution in [-0.2, 0) is 13.7 Å². The van der Waals surface area contributed by atoms with E-state index >= 15 is 0 Å². The molecule has 38 heavy (non-hydrogen) atoms. The predicted molar refractivity (Wildman–Crippen MR) is 170 cm³/mol. The van der Waals surface area contributed by atoms with Gasteiger partial charge in [-0.25, -0.2) is 5.48 Å². The lowest BCUT2D eigenvalue weighted by Crippen LogP contribution is -2.48. The number of rotatable bonds is 25. The van der Waals surface area contributed by atoms with Crippen LogP contribution in [0.25, 0.3) is 0 Å².